The third-order valence-electron chi connectivity index (χ3n) is 4.06. The lowest BCUT2D eigenvalue weighted by Crippen LogP contribution is -2.33. The normalized spacial score (nSPS) is 16.6. The molecule has 112 valence electrons. The molecule has 1 aliphatic carbocycles. The fraction of sp³-hybridized carbons (Fsp3) is 0.600. The highest BCUT2D eigenvalue weighted by atomic mass is 19.4. The lowest BCUT2D eigenvalue weighted by molar-refractivity contribution is -0.138. The maximum atomic E-state index is 13.1. The van der Waals surface area contributed by atoms with Gasteiger partial charge in [-0.1, -0.05) is 18.9 Å². The summed E-state index contributed by atoms with van der Waals surface area (Å²) in [7, 11) is 0. The van der Waals surface area contributed by atoms with Crippen LogP contribution in [-0.4, -0.2) is 12.6 Å². The van der Waals surface area contributed by atoms with E-state index < -0.39 is 11.7 Å². The molecule has 0 atom stereocenters. The van der Waals surface area contributed by atoms with Gasteiger partial charge in [0, 0.05) is 24.8 Å². The highest BCUT2D eigenvalue weighted by Crippen LogP contribution is 2.36. The lowest BCUT2D eigenvalue weighted by Gasteiger charge is -2.31. The smallest absolute Gasteiger partial charge is 0.369 e. The Kier molecular flexibility index (Phi) is 4.58. The maximum absolute atomic E-state index is 13.1. The van der Waals surface area contributed by atoms with Gasteiger partial charge in [-0.2, -0.15) is 13.2 Å². The zero-order valence-electron chi connectivity index (χ0n) is 11.7. The van der Waals surface area contributed by atoms with Crippen LogP contribution in [0.3, 0.4) is 0 Å². The molecule has 5 heteroatoms. The number of nitrogens with zero attached hydrogens (tertiary/aromatic N) is 1. The Morgan fingerprint density at radius 3 is 2.40 bits per heavy atom. The fourth-order valence-electron chi connectivity index (χ4n) is 3.05. The van der Waals surface area contributed by atoms with E-state index in [1.807, 2.05) is 6.92 Å². The standard InChI is InChI=1S/C15H21F3N2/c1-2-20(12-5-3-4-6-12)13-8-7-11(10-19)14(9-13)15(16,17)18/h7-9,12H,2-6,10,19H2,1H3. The van der Waals surface area contributed by atoms with Gasteiger partial charge in [-0.05, 0) is 37.5 Å². The Bertz CT molecular complexity index is 451. The molecule has 0 aromatic heterocycles. The molecule has 0 bridgehead atoms. The van der Waals surface area contributed by atoms with Crippen molar-refractivity contribution in [1.82, 2.24) is 0 Å². The number of rotatable bonds is 4. The molecule has 1 saturated carbocycles. The summed E-state index contributed by atoms with van der Waals surface area (Å²) >= 11 is 0. The molecule has 2 rings (SSSR count). The summed E-state index contributed by atoms with van der Waals surface area (Å²) < 4.78 is 39.3. The van der Waals surface area contributed by atoms with Crippen LogP contribution in [0.25, 0.3) is 0 Å². The van der Waals surface area contributed by atoms with Gasteiger partial charge in [0.2, 0.25) is 0 Å². The van der Waals surface area contributed by atoms with Crippen molar-refractivity contribution in [3.8, 4) is 0 Å². The highest BCUT2D eigenvalue weighted by Gasteiger charge is 2.34. The first-order valence-corrected chi connectivity index (χ1v) is 7.14. The van der Waals surface area contributed by atoms with Crippen molar-refractivity contribution in [1.29, 1.82) is 0 Å². The number of hydrogen-bond donors (Lipinski definition) is 1. The minimum Gasteiger partial charge on any atom is -0.369 e. The van der Waals surface area contributed by atoms with E-state index in [-0.39, 0.29) is 12.1 Å². The Morgan fingerprint density at radius 1 is 1.25 bits per heavy atom. The third-order valence-corrected chi connectivity index (χ3v) is 4.06. The molecule has 0 radical (unpaired) electrons. The molecule has 0 unspecified atom stereocenters. The first-order chi connectivity index (χ1) is 9.47. The lowest BCUT2D eigenvalue weighted by atomic mass is 10.0. The second kappa shape index (κ2) is 6.04. The maximum Gasteiger partial charge on any atom is 0.416 e. The number of nitrogens with two attached hydrogens (primary N) is 1. The van der Waals surface area contributed by atoms with Crippen LogP contribution >= 0.6 is 0 Å². The monoisotopic (exact) mass is 286 g/mol. The van der Waals surface area contributed by atoms with Gasteiger partial charge in [-0.15, -0.1) is 0 Å². The Morgan fingerprint density at radius 2 is 1.90 bits per heavy atom. The Balaban J connectivity index is 2.36. The van der Waals surface area contributed by atoms with E-state index in [2.05, 4.69) is 4.90 Å². The van der Waals surface area contributed by atoms with Crippen molar-refractivity contribution in [2.75, 3.05) is 11.4 Å². The predicted molar refractivity (Wildman–Crippen MR) is 74.6 cm³/mol. The summed E-state index contributed by atoms with van der Waals surface area (Å²) in [6, 6.07) is 4.89. The van der Waals surface area contributed by atoms with Crippen molar-refractivity contribution in [3.05, 3.63) is 29.3 Å². The van der Waals surface area contributed by atoms with Crippen molar-refractivity contribution in [2.24, 2.45) is 5.73 Å². The van der Waals surface area contributed by atoms with Crippen LogP contribution in [0.1, 0.15) is 43.7 Å². The minimum atomic E-state index is -4.35. The van der Waals surface area contributed by atoms with Gasteiger partial charge >= 0.3 is 6.18 Å². The molecule has 0 aliphatic heterocycles. The van der Waals surface area contributed by atoms with Gasteiger partial charge in [0.15, 0.2) is 0 Å². The molecule has 1 fully saturated rings. The molecule has 1 aliphatic rings. The van der Waals surface area contributed by atoms with Gasteiger partial charge in [0.05, 0.1) is 5.56 Å². The summed E-state index contributed by atoms with van der Waals surface area (Å²) in [5.41, 5.74) is 5.62. The van der Waals surface area contributed by atoms with Crippen LogP contribution in [0.15, 0.2) is 18.2 Å². The minimum absolute atomic E-state index is 0.0926. The van der Waals surface area contributed by atoms with Gasteiger partial charge in [0.25, 0.3) is 0 Å². The number of halogens is 3. The number of anilines is 1. The highest BCUT2D eigenvalue weighted by molar-refractivity contribution is 5.53. The zero-order chi connectivity index (χ0) is 14.8. The molecule has 2 N–H and O–H groups in total. The molecular formula is C15H21F3N2. The Hall–Kier alpha value is -1.23. The molecule has 2 nitrogen and oxygen atoms in total. The summed E-state index contributed by atoms with van der Waals surface area (Å²) in [6.45, 7) is 2.62. The second-order valence-corrected chi connectivity index (χ2v) is 5.27. The van der Waals surface area contributed by atoms with Crippen molar-refractivity contribution in [3.63, 3.8) is 0 Å². The summed E-state index contributed by atoms with van der Waals surface area (Å²) in [6.07, 6.45) is 0.101. The van der Waals surface area contributed by atoms with Crippen LogP contribution < -0.4 is 10.6 Å². The first kappa shape index (κ1) is 15.2. The van der Waals surface area contributed by atoms with E-state index in [9.17, 15) is 13.2 Å². The van der Waals surface area contributed by atoms with Crippen LogP contribution in [0.4, 0.5) is 18.9 Å². The van der Waals surface area contributed by atoms with Crippen LogP contribution in [0, 0.1) is 0 Å². The molecule has 0 saturated heterocycles. The van der Waals surface area contributed by atoms with Gasteiger partial charge in [-0.25, -0.2) is 0 Å². The van der Waals surface area contributed by atoms with E-state index in [1.165, 1.54) is 12.1 Å². The molecule has 1 aromatic rings. The molecule has 1 aromatic carbocycles. The Labute approximate surface area is 117 Å². The average Bonchev–Trinajstić information content (AvgIpc) is 2.92. The average molecular weight is 286 g/mol. The van der Waals surface area contributed by atoms with E-state index in [4.69, 9.17) is 5.73 Å². The van der Waals surface area contributed by atoms with Gasteiger partial charge in [0.1, 0.15) is 0 Å². The van der Waals surface area contributed by atoms with Crippen molar-refractivity contribution >= 4 is 5.69 Å². The number of alkyl halides is 3. The van der Waals surface area contributed by atoms with Crippen molar-refractivity contribution in [2.45, 2.75) is 51.4 Å². The van der Waals surface area contributed by atoms with Crippen LogP contribution in [-0.2, 0) is 12.7 Å². The number of hydrogen-bond acceptors (Lipinski definition) is 2. The van der Waals surface area contributed by atoms with E-state index in [0.717, 1.165) is 32.2 Å². The van der Waals surface area contributed by atoms with E-state index >= 15 is 0 Å². The van der Waals surface area contributed by atoms with Gasteiger partial charge in [-0.3, -0.25) is 0 Å². The summed E-state index contributed by atoms with van der Waals surface area (Å²) in [4.78, 5) is 2.09. The zero-order valence-corrected chi connectivity index (χ0v) is 11.7. The third kappa shape index (κ3) is 3.08. The van der Waals surface area contributed by atoms with Gasteiger partial charge < -0.3 is 10.6 Å². The van der Waals surface area contributed by atoms with Crippen LogP contribution in [0.5, 0.6) is 0 Å². The molecule has 20 heavy (non-hydrogen) atoms. The van der Waals surface area contributed by atoms with Crippen molar-refractivity contribution < 1.29 is 13.2 Å². The topological polar surface area (TPSA) is 29.3 Å². The molecule has 0 spiro atoms. The SMILES string of the molecule is CCN(c1ccc(CN)c(C(F)(F)F)c1)C1CCCC1. The molecule has 0 amide bonds. The van der Waals surface area contributed by atoms with E-state index in [0.29, 0.717) is 11.7 Å². The largest absolute Gasteiger partial charge is 0.416 e. The predicted octanol–water partition coefficient (Wildman–Crippen LogP) is 3.93. The first-order valence-electron chi connectivity index (χ1n) is 7.14. The summed E-state index contributed by atoms with van der Waals surface area (Å²) in [5, 5.41) is 0. The quantitative estimate of drug-likeness (QED) is 0.908. The summed E-state index contributed by atoms with van der Waals surface area (Å²) in [5.74, 6) is 0. The number of benzene rings is 1. The van der Waals surface area contributed by atoms with Crippen LogP contribution in [0.2, 0.25) is 0 Å². The molecular weight excluding hydrogens is 265 g/mol. The fourth-order valence-corrected chi connectivity index (χ4v) is 3.05. The second-order valence-electron chi connectivity index (χ2n) is 5.27. The molecule has 0 heterocycles. The van der Waals surface area contributed by atoms with E-state index in [1.54, 1.807) is 6.07 Å².